The van der Waals surface area contributed by atoms with Gasteiger partial charge in [0.15, 0.2) is 0 Å². The summed E-state index contributed by atoms with van der Waals surface area (Å²) < 4.78 is 5.39. The Balaban J connectivity index is 1.97. The Bertz CT molecular complexity index is 108. The third kappa shape index (κ3) is 1.82. The second-order valence-corrected chi connectivity index (χ2v) is 2.82. The first kappa shape index (κ1) is 7.76. The molecule has 0 atom stereocenters. The van der Waals surface area contributed by atoms with E-state index in [2.05, 4.69) is 6.58 Å². The molecule has 10 heavy (non-hydrogen) atoms. The highest BCUT2D eigenvalue weighted by Gasteiger charge is 2.27. The predicted molar refractivity (Wildman–Crippen MR) is 41.7 cm³/mol. The predicted octanol–water partition coefficient (Wildman–Crippen LogP) is 0.926. The Morgan fingerprint density at radius 3 is 2.80 bits per heavy atom. The van der Waals surface area contributed by atoms with E-state index in [-0.39, 0.29) is 0 Å². The highest BCUT2D eigenvalue weighted by Crippen LogP contribution is 2.28. The van der Waals surface area contributed by atoms with Crippen LogP contribution in [0.4, 0.5) is 0 Å². The fourth-order valence-electron chi connectivity index (χ4n) is 1.21. The van der Waals surface area contributed by atoms with Crippen molar-refractivity contribution in [2.24, 2.45) is 11.7 Å². The van der Waals surface area contributed by atoms with Gasteiger partial charge < -0.3 is 10.5 Å². The fraction of sp³-hybridized carbons (Fsp3) is 0.750. The van der Waals surface area contributed by atoms with Crippen LogP contribution in [0.1, 0.15) is 12.8 Å². The van der Waals surface area contributed by atoms with Crippen molar-refractivity contribution in [3.63, 3.8) is 0 Å². The van der Waals surface area contributed by atoms with Crippen LogP contribution < -0.4 is 5.73 Å². The molecule has 1 fully saturated rings. The zero-order valence-electron chi connectivity index (χ0n) is 6.25. The molecule has 2 N–H and O–H groups in total. The topological polar surface area (TPSA) is 35.2 Å². The van der Waals surface area contributed by atoms with Crippen molar-refractivity contribution in [1.29, 1.82) is 0 Å². The summed E-state index contributed by atoms with van der Waals surface area (Å²) in [6, 6.07) is 0. The molecule has 0 heterocycles. The highest BCUT2D eigenvalue weighted by atomic mass is 16.5. The molecule has 1 saturated carbocycles. The molecule has 58 valence electrons. The summed E-state index contributed by atoms with van der Waals surface area (Å²) >= 11 is 0. The highest BCUT2D eigenvalue weighted by molar-refractivity contribution is 4.81. The van der Waals surface area contributed by atoms with E-state index >= 15 is 0 Å². The van der Waals surface area contributed by atoms with Crippen molar-refractivity contribution in [3.8, 4) is 0 Å². The Morgan fingerprint density at radius 2 is 2.30 bits per heavy atom. The zero-order valence-corrected chi connectivity index (χ0v) is 6.25. The normalized spacial score (nSPS) is 31.3. The van der Waals surface area contributed by atoms with Crippen LogP contribution in [0.5, 0.6) is 0 Å². The Hall–Kier alpha value is -0.340. The lowest BCUT2D eigenvalue weighted by molar-refractivity contribution is -0.0141. The summed E-state index contributed by atoms with van der Waals surface area (Å²) in [4.78, 5) is 0. The molecule has 0 spiro atoms. The number of hydrogen-bond donors (Lipinski definition) is 1. The van der Waals surface area contributed by atoms with E-state index in [4.69, 9.17) is 10.5 Å². The number of nitrogens with two attached hydrogens (primary N) is 1. The molecular formula is C8H15NO. The van der Waals surface area contributed by atoms with Crippen LogP contribution in [-0.2, 0) is 4.74 Å². The smallest absolute Gasteiger partial charge is 0.0648 e. The molecule has 0 unspecified atom stereocenters. The van der Waals surface area contributed by atoms with Gasteiger partial charge >= 0.3 is 0 Å². The van der Waals surface area contributed by atoms with Crippen LogP contribution in [0.25, 0.3) is 0 Å². The molecule has 2 nitrogen and oxygen atoms in total. The Labute approximate surface area is 62.1 Å². The van der Waals surface area contributed by atoms with Crippen molar-refractivity contribution in [2.45, 2.75) is 18.9 Å². The minimum absolute atomic E-state index is 0.464. The third-order valence-corrected chi connectivity index (χ3v) is 1.98. The number of rotatable bonds is 4. The van der Waals surface area contributed by atoms with E-state index in [9.17, 15) is 0 Å². The molecule has 0 aliphatic heterocycles. The number of ether oxygens (including phenoxy) is 1. The second-order valence-electron chi connectivity index (χ2n) is 2.82. The standard InChI is InChI=1S/C8H15NO/c1-2-3-10-8-4-7(5-8)6-9/h2,7-8H,1,3-6,9H2. The number of hydrogen-bond acceptors (Lipinski definition) is 2. The second kappa shape index (κ2) is 3.74. The summed E-state index contributed by atoms with van der Waals surface area (Å²) in [7, 11) is 0. The van der Waals surface area contributed by atoms with Crippen molar-refractivity contribution < 1.29 is 4.74 Å². The van der Waals surface area contributed by atoms with Gasteiger partial charge in [-0.1, -0.05) is 6.08 Å². The summed E-state index contributed by atoms with van der Waals surface area (Å²) in [6.45, 7) is 5.08. The Morgan fingerprint density at radius 1 is 1.60 bits per heavy atom. The summed E-state index contributed by atoms with van der Waals surface area (Å²) in [6.07, 6.45) is 4.54. The van der Waals surface area contributed by atoms with Gasteiger partial charge in [-0.05, 0) is 25.3 Å². The van der Waals surface area contributed by atoms with E-state index in [1.165, 1.54) is 0 Å². The quantitative estimate of drug-likeness (QED) is 0.591. The molecule has 0 amide bonds. The summed E-state index contributed by atoms with van der Waals surface area (Å²) in [5, 5.41) is 0. The first-order valence-electron chi connectivity index (χ1n) is 3.79. The summed E-state index contributed by atoms with van der Waals surface area (Å²) in [5.41, 5.74) is 5.45. The monoisotopic (exact) mass is 141 g/mol. The van der Waals surface area contributed by atoms with Gasteiger partial charge in [0.25, 0.3) is 0 Å². The lowest BCUT2D eigenvalue weighted by Crippen LogP contribution is -2.35. The van der Waals surface area contributed by atoms with E-state index in [1.54, 1.807) is 6.08 Å². The molecule has 0 aromatic rings. The summed E-state index contributed by atoms with van der Waals surface area (Å²) in [5.74, 6) is 0.717. The van der Waals surface area contributed by atoms with Crippen LogP contribution in [0.3, 0.4) is 0 Å². The van der Waals surface area contributed by atoms with Crippen LogP contribution >= 0.6 is 0 Å². The molecule has 1 aliphatic rings. The molecule has 0 aromatic carbocycles. The van der Waals surface area contributed by atoms with Crippen molar-refractivity contribution in [1.82, 2.24) is 0 Å². The van der Waals surface area contributed by atoms with Crippen molar-refractivity contribution in [2.75, 3.05) is 13.2 Å². The van der Waals surface area contributed by atoms with E-state index in [1.807, 2.05) is 0 Å². The Kier molecular flexibility index (Phi) is 2.90. The van der Waals surface area contributed by atoms with Gasteiger partial charge in [-0.2, -0.15) is 0 Å². The maximum atomic E-state index is 5.45. The minimum Gasteiger partial charge on any atom is -0.374 e. The van der Waals surface area contributed by atoms with Gasteiger partial charge in [0.05, 0.1) is 12.7 Å². The lowest BCUT2D eigenvalue weighted by atomic mass is 9.82. The maximum absolute atomic E-state index is 5.45. The molecule has 1 rings (SSSR count). The molecule has 1 aliphatic carbocycles. The minimum atomic E-state index is 0.464. The molecule has 0 aromatic heterocycles. The molecule has 2 heteroatoms. The van der Waals surface area contributed by atoms with E-state index in [0.717, 1.165) is 25.3 Å². The third-order valence-electron chi connectivity index (χ3n) is 1.98. The van der Waals surface area contributed by atoms with Crippen LogP contribution in [0, 0.1) is 5.92 Å². The van der Waals surface area contributed by atoms with Crippen LogP contribution in [0.15, 0.2) is 12.7 Å². The van der Waals surface area contributed by atoms with Gasteiger partial charge in [-0.25, -0.2) is 0 Å². The first-order chi connectivity index (χ1) is 4.86. The van der Waals surface area contributed by atoms with Gasteiger partial charge in [0, 0.05) is 0 Å². The van der Waals surface area contributed by atoms with E-state index < -0.39 is 0 Å². The zero-order chi connectivity index (χ0) is 7.40. The average molecular weight is 141 g/mol. The van der Waals surface area contributed by atoms with Gasteiger partial charge in [0.1, 0.15) is 0 Å². The average Bonchev–Trinajstić information content (AvgIpc) is 1.86. The van der Waals surface area contributed by atoms with Crippen molar-refractivity contribution >= 4 is 0 Å². The molecule has 0 saturated heterocycles. The van der Waals surface area contributed by atoms with Gasteiger partial charge in [-0.3, -0.25) is 0 Å². The van der Waals surface area contributed by atoms with Gasteiger partial charge in [0.2, 0.25) is 0 Å². The fourth-order valence-corrected chi connectivity index (χ4v) is 1.21. The lowest BCUT2D eigenvalue weighted by Gasteiger charge is -2.33. The largest absolute Gasteiger partial charge is 0.374 e. The maximum Gasteiger partial charge on any atom is 0.0648 e. The van der Waals surface area contributed by atoms with Crippen molar-refractivity contribution in [3.05, 3.63) is 12.7 Å². The first-order valence-corrected chi connectivity index (χ1v) is 3.79. The molecule has 0 bridgehead atoms. The van der Waals surface area contributed by atoms with Crippen LogP contribution in [0.2, 0.25) is 0 Å². The SMILES string of the molecule is C=CCOC1CC(CN)C1. The molecule has 0 radical (unpaired) electrons. The van der Waals surface area contributed by atoms with Crippen LogP contribution in [-0.4, -0.2) is 19.3 Å². The van der Waals surface area contributed by atoms with Gasteiger partial charge in [-0.15, -0.1) is 6.58 Å². The molecular weight excluding hydrogens is 126 g/mol. The van der Waals surface area contributed by atoms with E-state index in [0.29, 0.717) is 12.7 Å².